The number of carboxylic acid groups (broad SMARTS) is 1. The average Bonchev–Trinajstić information content (AvgIpc) is 2.38. The number of carbonyl (C=O) groups excluding carboxylic acids is 1. The van der Waals surface area contributed by atoms with Crippen LogP contribution in [-0.2, 0) is 9.59 Å². The van der Waals surface area contributed by atoms with E-state index in [2.05, 4.69) is 0 Å². The first kappa shape index (κ1) is 15.0. The molecule has 1 aliphatic heterocycles. The van der Waals surface area contributed by atoms with E-state index in [1.165, 1.54) is 0 Å². The number of hydrogen-bond acceptors (Lipinski definition) is 3. The summed E-state index contributed by atoms with van der Waals surface area (Å²) in [6.07, 6.45) is 3.25. The molecule has 1 rings (SSSR count). The number of nitrogens with zero attached hydrogens (tertiary/aromatic N) is 1. The number of carboxylic acids is 1. The van der Waals surface area contributed by atoms with Crippen LogP contribution in [0.15, 0.2) is 0 Å². The van der Waals surface area contributed by atoms with Gasteiger partial charge in [-0.1, -0.05) is 20.3 Å². The molecule has 1 aliphatic rings. The van der Waals surface area contributed by atoms with E-state index in [1.54, 1.807) is 4.90 Å². The van der Waals surface area contributed by atoms with Crippen molar-refractivity contribution in [3.8, 4) is 0 Å². The summed E-state index contributed by atoms with van der Waals surface area (Å²) < 4.78 is 0. The second-order valence-corrected chi connectivity index (χ2v) is 5.16. The van der Waals surface area contributed by atoms with E-state index in [-0.39, 0.29) is 5.91 Å². The first-order chi connectivity index (χ1) is 8.46. The highest BCUT2D eigenvalue weighted by Crippen LogP contribution is 2.35. The van der Waals surface area contributed by atoms with Gasteiger partial charge in [-0.2, -0.15) is 0 Å². The zero-order valence-corrected chi connectivity index (χ0v) is 11.3. The predicted molar refractivity (Wildman–Crippen MR) is 69.1 cm³/mol. The molecule has 1 atom stereocenters. The number of hydrogen-bond donors (Lipinski definition) is 2. The lowest BCUT2D eigenvalue weighted by Gasteiger charge is -2.39. The monoisotopic (exact) mass is 256 g/mol. The van der Waals surface area contributed by atoms with E-state index in [0.717, 1.165) is 6.42 Å². The van der Waals surface area contributed by atoms with Crippen molar-refractivity contribution in [3.63, 3.8) is 0 Å². The van der Waals surface area contributed by atoms with E-state index >= 15 is 0 Å². The Morgan fingerprint density at radius 3 is 2.28 bits per heavy atom. The molecule has 0 saturated carbocycles. The van der Waals surface area contributed by atoms with Crippen LogP contribution < -0.4 is 5.73 Å². The van der Waals surface area contributed by atoms with Gasteiger partial charge >= 0.3 is 5.97 Å². The molecular formula is C13H24N2O3. The second kappa shape index (κ2) is 6.18. The van der Waals surface area contributed by atoms with Crippen LogP contribution in [0.4, 0.5) is 0 Å². The highest BCUT2D eigenvalue weighted by atomic mass is 16.4. The van der Waals surface area contributed by atoms with Crippen molar-refractivity contribution in [2.24, 2.45) is 11.1 Å². The van der Waals surface area contributed by atoms with Crippen molar-refractivity contribution in [3.05, 3.63) is 0 Å². The number of aliphatic carboxylic acids is 1. The first-order valence-corrected chi connectivity index (χ1v) is 6.74. The Balaban J connectivity index is 2.58. The van der Waals surface area contributed by atoms with Gasteiger partial charge in [0.15, 0.2) is 0 Å². The van der Waals surface area contributed by atoms with E-state index < -0.39 is 17.4 Å². The van der Waals surface area contributed by atoms with Gasteiger partial charge in [-0.25, -0.2) is 0 Å². The van der Waals surface area contributed by atoms with Crippen molar-refractivity contribution >= 4 is 11.9 Å². The molecule has 5 heteroatoms. The number of nitrogens with two attached hydrogens (primary N) is 1. The van der Waals surface area contributed by atoms with Gasteiger partial charge in [0.05, 0.1) is 11.5 Å². The maximum absolute atomic E-state index is 12.0. The summed E-state index contributed by atoms with van der Waals surface area (Å²) in [5, 5.41) is 9.28. The third-order valence-corrected chi connectivity index (χ3v) is 4.08. The summed E-state index contributed by atoms with van der Waals surface area (Å²) in [7, 11) is 0. The number of amides is 1. The lowest BCUT2D eigenvalue weighted by molar-refractivity contribution is -0.154. The van der Waals surface area contributed by atoms with Crippen LogP contribution in [0.1, 0.15) is 46.0 Å². The minimum absolute atomic E-state index is 0.0352. The fourth-order valence-corrected chi connectivity index (χ4v) is 2.54. The van der Waals surface area contributed by atoms with Crippen molar-refractivity contribution in [2.45, 2.75) is 52.0 Å². The fourth-order valence-electron chi connectivity index (χ4n) is 2.54. The molecule has 0 aromatic heterocycles. The lowest BCUT2D eigenvalue weighted by atomic mass is 9.76. The Kier molecular flexibility index (Phi) is 5.14. The Morgan fingerprint density at radius 2 is 1.89 bits per heavy atom. The van der Waals surface area contributed by atoms with E-state index in [0.29, 0.717) is 38.8 Å². The SMILES string of the molecule is CCC[C@H](N)C(=O)N1CCC(CC)(C(=O)O)CC1. The topological polar surface area (TPSA) is 83.6 Å². The number of piperidine rings is 1. The molecule has 18 heavy (non-hydrogen) atoms. The lowest BCUT2D eigenvalue weighted by Crippen LogP contribution is -2.51. The minimum atomic E-state index is -0.741. The molecule has 0 spiro atoms. The summed E-state index contributed by atoms with van der Waals surface area (Å²) in [5.74, 6) is -0.776. The molecule has 1 heterocycles. The zero-order chi connectivity index (χ0) is 13.8. The molecule has 0 aromatic carbocycles. The van der Waals surface area contributed by atoms with Gasteiger partial charge in [0.1, 0.15) is 0 Å². The van der Waals surface area contributed by atoms with Gasteiger partial charge in [0, 0.05) is 13.1 Å². The highest BCUT2D eigenvalue weighted by molar-refractivity contribution is 5.82. The van der Waals surface area contributed by atoms with Crippen LogP contribution in [0.2, 0.25) is 0 Å². The van der Waals surface area contributed by atoms with Gasteiger partial charge in [0.25, 0.3) is 0 Å². The van der Waals surface area contributed by atoms with E-state index in [4.69, 9.17) is 5.73 Å². The second-order valence-electron chi connectivity index (χ2n) is 5.16. The molecule has 0 aromatic rings. The largest absolute Gasteiger partial charge is 0.481 e. The molecule has 1 fully saturated rings. The molecule has 1 saturated heterocycles. The van der Waals surface area contributed by atoms with Gasteiger partial charge in [-0.3, -0.25) is 9.59 Å². The number of rotatable bonds is 5. The molecule has 0 radical (unpaired) electrons. The van der Waals surface area contributed by atoms with Crippen molar-refractivity contribution in [2.75, 3.05) is 13.1 Å². The quantitative estimate of drug-likeness (QED) is 0.774. The third kappa shape index (κ3) is 3.02. The van der Waals surface area contributed by atoms with Crippen LogP contribution in [0.5, 0.6) is 0 Å². The van der Waals surface area contributed by atoms with Crippen LogP contribution in [-0.4, -0.2) is 41.0 Å². The van der Waals surface area contributed by atoms with Gasteiger partial charge in [0.2, 0.25) is 5.91 Å². The van der Waals surface area contributed by atoms with Crippen LogP contribution in [0.3, 0.4) is 0 Å². The number of carbonyl (C=O) groups is 2. The van der Waals surface area contributed by atoms with Crippen LogP contribution in [0, 0.1) is 5.41 Å². The zero-order valence-electron chi connectivity index (χ0n) is 11.3. The van der Waals surface area contributed by atoms with Crippen molar-refractivity contribution in [1.29, 1.82) is 0 Å². The Labute approximate surface area is 108 Å². The molecule has 3 N–H and O–H groups in total. The van der Waals surface area contributed by atoms with Crippen molar-refractivity contribution in [1.82, 2.24) is 4.90 Å². The molecule has 0 aliphatic carbocycles. The summed E-state index contributed by atoms with van der Waals surface area (Å²) in [6.45, 7) is 4.91. The van der Waals surface area contributed by atoms with Gasteiger partial charge < -0.3 is 15.7 Å². The minimum Gasteiger partial charge on any atom is -0.481 e. The van der Waals surface area contributed by atoms with E-state index in [1.807, 2.05) is 13.8 Å². The van der Waals surface area contributed by atoms with Crippen molar-refractivity contribution < 1.29 is 14.7 Å². The molecule has 0 unspecified atom stereocenters. The summed E-state index contributed by atoms with van der Waals surface area (Å²) in [6, 6.07) is -0.436. The predicted octanol–water partition coefficient (Wildman–Crippen LogP) is 1.22. The summed E-state index contributed by atoms with van der Waals surface area (Å²) in [5.41, 5.74) is 5.16. The molecule has 5 nitrogen and oxygen atoms in total. The Hall–Kier alpha value is -1.10. The average molecular weight is 256 g/mol. The summed E-state index contributed by atoms with van der Waals surface area (Å²) >= 11 is 0. The maximum Gasteiger partial charge on any atom is 0.309 e. The van der Waals surface area contributed by atoms with E-state index in [9.17, 15) is 14.7 Å². The Morgan fingerprint density at radius 1 is 1.33 bits per heavy atom. The molecule has 1 amide bonds. The molecular weight excluding hydrogens is 232 g/mol. The van der Waals surface area contributed by atoms with Gasteiger partial charge in [-0.15, -0.1) is 0 Å². The third-order valence-electron chi connectivity index (χ3n) is 4.08. The first-order valence-electron chi connectivity index (χ1n) is 6.74. The fraction of sp³-hybridized carbons (Fsp3) is 0.846. The van der Waals surface area contributed by atoms with Gasteiger partial charge in [-0.05, 0) is 25.7 Å². The standard InChI is InChI=1S/C13H24N2O3/c1-3-5-10(14)11(16)15-8-6-13(4-2,7-9-15)12(17)18/h10H,3-9,14H2,1-2H3,(H,17,18)/t10-/m0/s1. The maximum atomic E-state index is 12.0. The van der Waals surface area contributed by atoms with Crippen LogP contribution >= 0.6 is 0 Å². The summed E-state index contributed by atoms with van der Waals surface area (Å²) in [4.78, 5) is 25.0. The molecule has 104 valence electrons. The smallest absolute Gasteiger partial charge is 0.309 e. The molecule has 0 bridgehead atoms. The highest BCUT2D eigenvalue weighted by Gasteiger charge is 2.41. The Bertz CT molecular complexity index is 309. The normalized spacial score (nSPS) is 20.5. The number of likely N-dealkylation sites (tertiary alicyclic amines) is 1. The van der Waals surface area contributed by atoms with Crippen LogP contribution in [0.25, 0.3) is 0 Å².